The summed E-state index contributed by atoms with van der Waals surface area (Å²) in [6, 6.07) is 20.8. The summed E-state index contributed by atoms with van der Waals surface area (Å²) in [6.07, 6.45) is 0.438. The standard InChI is InChI=1S/C16H14O2/c1-3-7-12(8-4-1)16(13-9-5-2-6-10-13)15-14(18-15)11-17-16/h1-10,14-15H,11H2/t14-,15-/m0/s1. The molecule has 0 radical (unpaired) electrons. The molecule has 2 fully saturated rings. The van der Waals surface area contributed by atoms with Crippen LogP contribution < -0.4 is 0 Å². The van der Waals surface area contributed by atoms with Crippen LogP contribution in [0.5, 0.6) is 0 Å². The zero-order valence-corrected chi connectivity index (χ0v) is 9.95. The second kappa shape index (κ2) is 3.67. The summed E-state index contributed by atoms with van der Waals surface area (Å²) in [7, 11) is 0. The van der Waals surface area contributed by atoms with E-state index in [9.17, 15) is 0 Å². The average molecular weight is 238 g/mol. The first kappa shape index (κ1) is 10.3. The van der Waals surface area contributed by atoms with E-state index in [0.717, 1.165) is 0 Å². The summed E-state index contributed by atoms with van der Waals surface area (Å²) in [5, 5.41) is 0. The topological polar surface area (TPSA) is 21.8 Å². The van der Waals surface area contributed by atoms with Gasteiger partial charge in [0.15, 0.2) is 0 Å². The first-order chi connectivity index (χ1) is 8.91. The molecule has 2 aliphatic rings. The molecular weight excluding hydrogens is 224 g/mol. The molecule has 0 aliphatic carbocycles. The molecule has 2 aromatic carbocycles. The van der Waals surface area contributed by atoms with E-state index in [1.54, 1.807) is 0 Å². The third kappa shape index (κ3) is 1.30. The molecule has 0 bridgehead atoms. The minimum Gasteiger partial charge on any atom is -0.363 e. The summed E-state index contributed by atoms with van der Waals surface area (Å²) >= 11 is 0. The van der Waals surface area contributed by atoms with E-state index >= 15 is 0 Å². The van der Waals surface area contributed by atoms with Crippen molar-refractivity contribution in [2.75, 3.05) is 6.61 Å². The highest BCUT2D eigenvalue weighted by atomic mass is 16.7. The van der Waals surface area contributed by atoms with E-state index in [2.05, 4.69) is 48.5 Å². The molecular formula is C16H14O2. The Bertz CT molecular complexity index is 510. The molecule has 0 spiro atoms. The molecule has 4 rings (SSSR count). The molecule has 0 aromatic heterocycles. The van der Waals surface area contributed by atoms with Gasteiger partial charge in [-0.2, -0.15) is 0 Å². The normalized spacial score (nSPS) is 27.8. The zero-order valence-electron chi connectivity index (χ0n) is 9.95. The van der Waals surface area contributed by atoms with Crippen LogP contribution in [0, 0.1) is 0 Å². The molecule has 0 amide bonds. The fraction of sp³-hybridized carbons (Fsp3) is 0.250. The number of benzene rings is 2. The first-order valence-corrected chi connectivity index (χ1v) is 6.32. The van der Waals surface area contributed by atoms with E-state index in [4.69, 9.17) is 9.47 Å². The largest absolute Gasteiger partial charge is 0.363 e. The maximum absolute atomic E-state index is 6.15. The third-order valence-corrected chi connectivity index (χ3v) is 3.86. The van der Waals surface area contributed by atoms with Crippen LogP contribution >= 0.6 is 0 Å². The van der Waals surface area contributed by atoms with Gasteiger partial charge in [0.25, 0.3) is 0 Å². The molecule has 18 heavy (non-hydrogen) atoms. The van der Waals surface area contributed by atoms with Crippen molar-refractivity contribution < 1.29 is 9.47 Å². The zero-order chi connectivity index (χ0) is 12.0. The second-order valence-corrected chi connectivity index (χ2v) is 4.87. The van der Waals surface area contributed by atoms with Crippen LogP contribution in [0.15, 0.2) is 60.7 Å². The van der Waals surface area contributed by atoms with Crippen LogP contribution in [0.2, 0.25) is 0 Å². The van der Waals surface area contributed by atoms with Crippen LogP contribution in [0.1, 0.15) is 11.1 Å². The van der Waals surface area contributed by atoms with Gasteiger partial charge in [-0.3, -0.25) is 0 Å². The summed E-state index contributed by atoms with van der Waals surface area (Å²) in [5.41, 5.74) is 1.95. The van der Waals surface area contributed by atoms with Gasteiger partial charge in [-0.1, -0.05) is 60.7 Å². The predicted octanol–water partition coefficient (Wildman–Crippen LogP) is 2.73. The fourth-order valence-electron chi connectivity index (χ4n) is 2.96. The molecule has 2 nitrogen and oxygen atoms in total. The molecule has 2 aliphatic heterocycles. The minimum atomic E-state index is -0.410. The van der Waals surface area contributed by atoms with Gasteiger partial charge in [0.2, 0.25) is 0 Å². The van der Waals surface area contributed by atoms with Gasteiger partial charge in [-0.15, -0.1) is 0 Å². The van der Waals surface area contributed by atoms with Gasteiger partial charge in [0, 0.05) is 0 Å². The van der Waals surface area contributed by atoms with E-state index in [1.165, 1.54) is 11.1 Å². The Morgan fingerprint density at radius 3 is 1.78 bits per heavy atom. The van der Waals surface area contributed by atoms with E-state index in [1.807, 2.05) is 12.1 Å². The fourth-order valence-corrected chi connectivity index (χ4v) is 2.96. The van der Waals surface area contributed by atoms with Crippen LogP contribution in [-0.2, 0) is 15.1 Å². The minimum absolute atomic E-state index is 0.169. The number of epoxide rings is 1. The van der Waals surface area contributed by atoms with Gasteiger partial charge >= 0.3 is 0 Å². The van der Waals surface area contributed by atoms with Gasteiger partial charge < -0.3 is 9.47 Å². The Morgan fingerprint density at radius 2 is 1.39 bits per heavy atom. The maximum atomic E-state index is 6.15. The summed E-state index contributed by atoms with van der Waals surface area (Å²) in [4.78, 5) is 0. The Hall–Kier alpha value is -1.64. The molecule has 2 atom stereocenters. The highest BCUT2D eigenvalue weighted by molar-refractivity contribution is 5.41. The van der Waals surface area contributed by atoms with Crippen molar-refractivity contribution in [2.24, 2.45) is 0 Å². The van der Waals surface area contributed by atoms with E-state index in [-0.39, 0.29) is 12.2 Å². The van der Waals surface area contributed by atoms with Crippen LogP contribution in [0.4, 0.5) is 0 Å². The quantitative estimate of drug-likeness (QED) is 0.750. The van der Waals surface area contributed by atoms with E-state index in [0.29, 0.717) is 6.61 Å². The molecule has 90 valence electrons. The van der Waals surface area contributed by atoms with Crippen molar-refractivity contribution in [2.45, 2.75) is 17.8 Å². The lowest BCUT2D eigenvalue weighted by molar-refractivity contribution is -0.0352. The monoisotopic (exact) mass is 238 g/mol. The number of hydrogen-bond donors (Lipinski definition) is 0. The van der Waals surface area contributed by atoms with Crippen molar-refractivity contribution >= 4 is 0 Å². The Kier molecular flexibility index (Phi) is 2.10. The van der Waals surface area contributed by atoms with Gasteiger partial charge in [-0.05, 0) is 11.1 Å². The second-order valence-electron chi connectivity index (χ2n) is 4.87. The number of fused-ring (bicyclic) bond motifs is 1. The molecule has 0 saturated carbocycles. The molecule has 0 N–H and O–H groups in total. The smallest absolute Gasteiger partial charge is 0.147 e. The number of ether oxygens (including phenoxy) is 2. The van der Waals surface area contributed by atoms with Crippen LogP contribution in [0.3, 0.4) is 0 Å². The number of hydrogen-bond acceptors (Lipinski definition) is 2. The van der Waals surface area contributed by atoms with Gasteiger partial charge in [0.1, 0.15) is 17.8 Å². The van der Waals surface area contributed by atoms with Crippen LogP contribution in [0.25, 0.3) is 0 Å². The van der Waals surface area contributed by atoms with Crippen molar-refractivity contribution in [3.05, 3.63) is 71.8 Å². The van der Waals surface area contributed by atoms with Gasteiger partial charge in [-0.25, -0.2) is 0 Å². The summed E-state index contributed by atoms with van der Waals surface area (Å²) in [6.45, 7) is 0.689. The number of rotatable bonds is 2. The average Bonchev–Trinajstić information content (AvgIpc) is 3.15. The lowest BCUT2D eigenvalue weighted by Crippen LogP contribution is -2.33. The summed E-state index contributed by atoms with van der Waals surface area (Å²) in [5.74, 6) is 0. The maximum Gasteiger partial charge on any atom is 0.147 e. The Morgan fingerprint density at radius 1 is 0.833 bits per heavy atom. The molecule has 0 unspecified atom stereocenters. The van der Waals surface area contributed by atoms with Gasteiger partial charge in [0.05, 0.1) is 6.61 Å². The highest BCUT2D eigenvalue weighted by Crippen LogP contribution is 2.52. The van der Waals surface area contributed by atoms with Crippen LogP contribution in [-0.4, -0.2) is 18.8 Å². The SMILES string of the molecule is c1ccc(C2(c3ccccc3)OC[C@@H]3O[C@@H]32)cc1. The van der Waals surface area contributed by atoms with Crippen molar-refractivity contribution in [3.63, 3.8) is 0 Å². The third-order valence-electron chi connectivity index (χ3n) is 3.86. The van der Waals surface area contributed by atoms with Crippen molar-refractivity contribution in [3.8, 4) is 0 Å². The highest BCUT2D eigenvalue weighted by Gasteiger charge is 2.63. The molecule has 2 heterocycles. The molecule has 2 saturated heterocycles. The lowest BCUT2D eigenvalue weighted by Gasteiger charge is -2.30. The molecule has 2 heteroatoms. The van der Waals surface area contributed by atoms with Crippen molar-refractivity contribution in [1.29, 1.82) is 0 Å². The summed E-state index contributed by atoms with van der Waals surface area (Å²) < 4.78 is 11.9. The lowest BCUT2D eigenvalue weighted by atomic mass is 9.83. The first-order valence-electron chi connectivity index (χ1n) is 6.32. The van der Waals surface area contributed by atoms with Crippen molar-refractivity contribution in [1.82, 2.24) is 0 Å². The van der Waals surface area contributed by atoms with E-state index < -0.39 is 5.60 Å². The Labute approximate surface area is 106 Å². The Balaban J connectivity index is 1.90. The predicted molar refractivity (Wildman–Crippen MR) is 68.3 cm³/mol. The molecule has 2 aromatic rings.